The van der Waals surface area contributed by atoms with Crippen LogP contribution in [0.1, 0.15) is 26.7 Å². The zero-order valence-electron chi connectivity index (χ0n) is 12.8. The maximum atomic E-state index is 12.5. The van der Waals surface area contributed by atoms with E-state index in [9.17, 15) is 4.79 Å². The van der Waals surface area contributed by atoms with Crippen molar-refractivity contribution < 1.29 is 4.79 Å². The molecule has 1 aromatic rings. The summed E-state index contributed by atoms with van der Waals surface area (Å²) in [5.41, 5.74) is 6.51. The molecule has 116 valence electrons. The van der Waals surface area contributed by atoms with Gasteiger partial charge in [0.15, 0.2) is 0 Å². The molecule has 0 bridgehead atoms. The minimum absolute atomic E-state index is 0.0649. The van der Waals surface area contributed by atoms with Crippen LogP contribution in [-0.4, -0.2) is 42.5 Å². The third-order valence-electron chi connectivity index (χ3n) is 4.00. The Labute approximate surface area is 131 Å². The molecule has 21 heavy (non-hydrogen) atoms. The van der Waals surface area contributed by atoms with Crippen molar-refractivity contribution in [2.45, 2.75) is 32.2 Å². The van der Waals surface area contributed by atoms with E-state index in [0.29, 0.717) is 13.1 Å². The number of carbonyl (C=O) groups excluding carboxylic acids is 1. The number of hydrogen-bond acceptors (Lipinski definition) is 3. The monoisotopic (exact) mass is 309 g/mol. The number of benzene rings is 1. The van der Waals surface area contributed by atoms with Crippen molar-refractivity contribution in [1.29, 1.82) is 0 Å². The number of hydrogen-bond donors (Lipinski definition) is 1. The Kier molecular flexibility index (Phi) is 5.12. The summed E-state index contributed by atoms with van der Waals surface area (Å²) in [5, 5.41) is 0.739. The predicted octanol–water partition coefficient (Wildman–Crippen LogP) is 2.51. The van der Waals surface area contributed by atoms with E-state index >= 15 is 0 Å². The fraction of sp³-hybridized carbons (Fsp3) is 0.562. The molecule has 1 saturated heterocycles. The summed E-state index contributed by atoms with van der Waals surface area (Å²) in [4.78, 5) is 16.6. The van der Waals surface area contributed by atoms with Crippen molar-refractivity contribution in [3.8, 4) is 0 Å². The highest BCUT2D eigenvalue weighted by molar-refractivity contribution is 6.30. The van der Waals surface area contributed by atoms with E-state index in [4.69, 9.17) is 17.3 Å². The van der Waals surface area contributed by atoms with Gasteiger partial charge in [-0.2, -0.15) is 0 Å². The third kappa shape index (κ3) is 3.89. The number of rotatable bonds is 4. The number of nitrogens with two attached hydrogens (primary N) is 1. The molecule has 0 aliphatic carbocycles. The fourth-order valence-corrected chi connectivity index (χ4v) is 3.01. The van der Waals surface area contributed by atoms with Gasteiger partial charge >= 0.3 is 0 Å². The SMILES string of the molecule is CCCC(C)(N)C(=O)N1CCN(c2cccc(Cl)c2)CC1. The number of nitrogens with zero attached hydrogens (tertiary/aromatic N) is 2. The van der Waals surface area contributed by atoms with Crippen LogP contribution in [0.3, 0.4) is 0 Å². The van der Waals surface area contributed by atoms with E-state index in [2.05, 4.69) is 11.8 Å². The topological polar surface area (TPSA) is 49.6 Å². The second-order valence-corrected chi connectivity index (χ2v) is 6.36. The molecule has 1 unspecified atom stereocenters. The second-order valence-electron chi connectivity index (χ2n) is 5.93. The summed E-state index contributed by atoms with van der Waals surface area (Å²) in [6.45, 7) is 6.93. The van der Waals surface area contributed by atoms with E-state index in [1.165, 1.54) is 0 Å². The lowest BCUT2D eigenvalue weighted by Crippen LogP contribution is -2.58. The molecular weight excluding hydrogens is 286 g/mol. The Balaban J connectivity index is 1.96. The van der Waals surface area contributed by atoms with Gasteiger partial charge in [0.05, 0.1) is 5.54 Å². The van der Waals surface area contributed by atoms with E-state index in [0.717, 1.165) is 36.6 Å². The molecule has 0 aromatic heterocycles. The van der Waals surface area contributed by atoms with Crippen LogP contribution in [0.4, 0.5) is 5.69 Å². The Hall–Kier alpha value is -1.26. The molecule has 1 amide bonds. The van der Waals surface area contributed by atoms with Crippen molar-refractivity contribution in [3.05, 3.63) is 29.3 Å². The van der Waals surface area contributed by atoms with E-state index < -0.39 is 5.54 Å². The molecule has 2 rings (SSSR count). The zero-order valence-corrected chi connectivity index (χ0v) is 13.6. The van der Waals surface area contributed by atoms with Gasteiger partial charge in [0.25, 0.3) is 0 Å². The number of carbonyl (C=O) groups is 1. The van der Waals surface area contributed by atoms with Crippen LogP contribution in [-0.2, 0) is 4.79 Å². The average molecular weight is 310 g/mol. The van der Waals surface area contributed by atoms with Crippen LogP contribution in [0.15, 0.2) is 24.3 Å². The Morgan fingerprint density at radius 3 is 2.57 bits per heavy atom. The Bertz CT molecular complexity index is 496. The molecule has 1 aromatic carbocycles. The maximum absolute atomic E-state index is 12.5. The number of halogens is 1. The average Bonchev–Trinajstić information content (AvgIpc) is 2.46. The summed E-state index contributed by atoms with van der Waals surface area (Å²) in [6.07, 6.45) is 1.64. The lowest BCUT2D eigenvalue weighted by atomic mass is 9.95. The summed E-state index contributed by atoms with van der Waals surface area (Å²) in [5.74, 6) is 0.0649. The third-order valence-corrected chi connectivity index (χ3v) is 4.23. The highest BCUT2D eigenvalue weighted by Gasteiger charge is 2.33. The van der Waals surface area contributed by atoms with Gasteiger partial charge in [-0.25, -0.2) is 0 Å². The molecule has 0 radical (unpaired) electrons. The van der Waals surface area contributed by atoms with E-state index in [1.807, 2.05) is 36.1 Å². The number of amides is 1. The van der Waals surface area contributed by atoms with Crippen molar-refractivity contribution in [3.63, 3.8) is 0 Å². The van der Waals surface area contributed by atoms with Gasteiger partial charge in [-0.3, -0.25) is 4.79 Å². The summed E-state index contributed by atoms with van der Waals surface area (Å²) in [6, 6.07) is 7.83. The normalized spacial score (nSPS) is 18.5. The standard InChI is InChI=1S/C16H24ClN3O/c1-3-7-16(2,18)15(21)20-10-8-19(9-11-20)14-6-4-5-13(17)12-14/h4-6,12H,3,7-11,18H2,1-2H3. The van der Waals surface area contributed by atoms with Crippen molar-refractivity contribution >= 4 is 23.2 Å². The molecule has 1 aliphatic heterocycles. The van der Waals surface area contributed by atoms with Crippen LogP contribution in [0.25, 0.3) is 0 Å². The summed E-state index contributed by atoms with van der Waals surface area (Å²) < 4.78 is 0. The highest BCUT2D eigenvalue weighted by Crippen LogP contribution is 2.22. The predicted molar refractivity (Wildman–Crippen MR) is 87.7 cm³/mol. The van der Waals surface area contributed by atoms with Gasteiger partial charge < -0.3 is 15.5 Å². The molecule has 1 fully saturated rings. The van der Waals surface area contributed by atoms with Crippen LogP contribution in [0.2, 0.25) is 5.02 Å². The number of piperazine rings is 1. The van der Waals surface area contributed by atoms with Crippen molar-refractivity contribution in [2.24, 2.45) is 5.73 Å². The quantitative estimate of drug-likeness (QED) is 0.929. The van der Waals surface area contributed by atoms with Gasteiger partial charge in [-0.15, -0.1) is 0 Å². The second kappa shape index (κ2) is 6.67. The summed E-state index contributed by atoms with van der Waals surface area (Å²) in [7, 11) is 0. The minimum Gasteiger partial charge on any atom is -0.368 e. The molecule has 5 heteroatoms. The molecule has 0 saturated carbocycles. The maximum Gasteiger partial charge on any atom is 0.242 e. The highest BCUT2D eigenvalue weighted by atomic mass is 35.5. The first-order chi connectivity index (χ1) is 9.94. The van der Waals surface area contributed by atoms with Gasteiger partial charge in [-0.05, 0) is 31.5 Å². The van der Waals surface area contributed by atoms with Crippen LogP contribution in [0.5, 0.6) is 0 Å². The van der Waals surface area contributed by atoms with Crippen molar-refractivity contribution in [1.82, 2.24) is 4.90 Å². The molecule has 1 atom stereocenters. The minimum atomic E-state index is -0.743. The molecular formula is C16H24ClN3O. The Morgan fingerprint density at radius 2 is 2.00 bits per heavy atom. The fourth-order valence-electron chi connectivity index (χ4n) is 2.83. The lowest BCUT2D eigenvalue weighted by molar-refractivity contribution is -0.137. The molecule has 2 N–H and O–H groups in total. The zero-order chi connectivity index (χ0) is 15.5. The first kappa shape index (κ1) is 16.1. The molecule has 1 heterocycles. The van der Waals surface area contributed by atoms with E-state index in [1.54, 1.807) is 0 Å². The van der Waals surface area contributed by atoms with Gasteiger partial charge in [0.1, 0.15) is 0 Å². The van der Waals surface area contributed by atoms with Gasteiger partial charge in [0, 0.05) is 36.9 Å². The lowest BCUT2D eigenvalue weighted by Gasteiger charge is -2.39. The van der Waals surface area contributed by atoms with Gasteiger partial charge in [0.2, 0.25) is 5.91 Å². The van der Waals surface area contributed by atoms with Crippen LogP contribution >= 0.6 is 11.6 Å². The molecule has 1 aliphatic rings. The first-order valence-corrected chi connectivity index (χ1v) is 7.90. The van der Waals surface area contributed by atoms with Gasteiger partial charge in [-0.1, -0.05) is 31.0 Å². The molecule has 4 nitrogen and oxygen atoms in total. The van der Waals surface area contributed by atoms with Crippen LogP contribution < -0.4 is 10.6 Å². The number of anilines is 1. The van der Waals surface area contributed by atoms with Crippen molar-refractivity contribution in [2.75, 3.05) is 31.1 Å². The smallest absolute Gasteiger partial charge is 0.242 e. The van der Waals surface area contributed by atoms with E-state index in [-0.39, 0.29) is 5.91 Å². The summed E-state index contributed by atoms with van der Waals surface area (Å²) >= 11 is 6.03. The largest absolute Gasteiger partial charge is 0.368 e. The first-order valence-electron chi connectivity index (χ1n) is 7.53. The molecule has 0 spiro atoms. The van der Waals surface area contributed by atoms with Crippen LogP contribution in [0, 0.1) is 0 Å². The Morgan fingerprint density at radius 1 is 1.33 bits per heavy atom.